The minimum atomic E-state index is -0.757. The number of halogens is 1. The first-order valence-corrected chi connectivity index (χ1v) is 14.8. The van der Waals surface area contributed by atoms with Gasteiger partial charge in [0.2, 0.25) is 0 Å². The lowest BCUT2D eigenvalue weighted by molar-refractivity contribution is -0.142. The highest BCUT2D eigenvalue weighted by molar-refractivity contribution is 7.12. The van der Waals surface area contributed by atoms with E-state index >= 15 is 0 Å². The van der Waals surface area contributed by atoms with Gasteiger partial charge in [0.05, 0.1) is 30.4 Å². The van der Waals surface area contributed by atoms with Gasteiger partial charge in [-0.25, -0.2) is 19.3 Å². The summed E-state index contributed by atoms with van der Waals surface area (Å²) in [6.45, 7) is 12.1. The molecule has 2 aromatic heterocycles. The van der Waals surface area contributed by atoms with Gasteiger partial charge in [-0.3, -0.25) is 14.5 Å². The molecule has 1 aromatic carbocycles. The average Bonchev–Trinajstić information content (AvgIpc) is 3.31. The fourth-order valence-corrected chi connectivity index (χ4v) is 6.22. The van der Waals surface area contributed by atoms with Crippen LogP contribution in [0.25, 0.3) is 11.3 Å². The van der Waals surface area contributed by atoms with Crippen molar-refractivity contribution in [3.05, 3.63) is 57.6 Å². The summed E-state index contributed by atoms with van der Waals surface area (Å²) in [4.78, 5) is 43.6. The molecule has 1 N–H and O–H groups in total. The minimum absolute atomic E-state index is 0. The number of anilines is 1. The van der Waals surface area contributed by atoms with Crippen LogP contribution in [0.2, 0.25) is 0 Å². The largest absolute Gasteiger partial charge is 0.481 e. The maximum atomic E-state index is 14.0. The number of aromatic nitrogens is 3. The van der Waals surface area contributed by atoms with Crippen LogP contribution in [0, 0.1) is 24.6 Å². The fourth-order valence-electron chi connectivity index (χ4n) is 5.08. The fraction of sp³-hybridized carbons (Fsp3) is 0.516. The van der Waals surface area contributed by atoms with Crippen LogP contribution in [-0.4, -0.2) is 62.9 Å². The number of carbonyl (C=O) groups excluding carboxylic acids is 1. The van der Waals surface area contributed by atoms with Gasteiger partial charge in [-0.05, 0) is 62.4 Å². The number of rotatable bonds is 12. The maximum Gasteiger partial charge on any atom is 0.306 e. The predicted molar refractivity (Wildman–Crippen MR) is 162 cm³/mol. The summed E-state index contributed by atoms with van der Waals surface area (Å²) in [6, 6.07) is 5.04. The lowest BCUT2D eigenvalue weighted by Gasteiger charge is -2.30. The van der Waals surface area contributed by atoms with E-state index in [-0.39, 0.29) is 37.1 Å². The van der Waals surface area contributed by atoms with Crippen molar-refractivity contribution in [1.82, 2.24) is 19.9 Å². The number of aliphatic carboxylic acids is 1. The first-order chi connectivity index (χ1) is 19.1. The van der Waals surface area contributed by atoms with Gasteiger partial charge >= 0.3 is 5.97 Å². The van der Waals surface area contributed by atoms with E-state index < -0.39 is 5.97 Å². The molecule has 8 nitrogen and oxygen atoms in total. The third kappa shape index (κ3) is 8.39. The van der Waals surface area contributed by atoms with Gasteiger partial charge in [0, 0.05) is 36.6 Å². The summed E-state index contributed by atoms with van der Waals surface area (Å²) in [6.07, 6.45) is 5.34. The zero-order chi connectivity index (χ0) is 28.8. The van der Waals surface area contributed by atoms with Crippen LogP contribution in [0.1, 0.15) is 73.4 Å². The Morgan fingerprint density at radius 3 is 2.51 bits per heavy atom. The van der Waals surface area contributed by atoms with Crippen molar-refractivity contribution in [3.63, 3.8) is 0 Å². The topological polar surface area (TPSA) is 99.5 Å². The smallest absolute Gasteiger partial charge is 0.306 e. The highest BCUT2D eigenvalue weighted by Gasteiger charge is 2.26. The Morgan fingerprint density at radius 1 is 1.20 bits per heavy atom. The number of aryl methyl sites for hydroxylation is 1. The van der Waals surface area contributed by atoms with Crippen LogP contribution in [0.4, 0.5) is 10.2 Å². The van der Waals surface area contributed by atoms with E-state index in [4.69, 9.17) is 4.98 Å². The number of carboxylic acids is 1. The summed E-state index contributed by atoms with van der Waals surface area (Å²) in [7, 11) is 0. The van der Waals surface area contributed by atoms with Gasteiger partial charge < -0.3 is 10.0 Å². The SMILES string of the molecule is C.CCCN(Cc1sc(CC(=O)c2cnc(N3CCC(C(=O)O)CC3)cn2)nc1-c1ccc(F)c(C)c1)CC(C)C. The number of thiazole rings is 1. The number of nitrogens with zero attached hydrogens (tertiary/aromatic N) is 5. The van der Waals surface area contributed by atoms with Crippen molar-refractivity contribution in [2.24, 2.45) is 11.8 Å². The molecule has 0 unspecified atom stereocenters. The highest BCUT2D eigenvalue weighted by Crippen LogP contribution is 2.32. The molecule has 1 saturated heterocycles. The van der Waals surface area contributed by atoms with E-state index in [0.29, 0.717) is 48.2 Å². The second-order valence-corrected chi connectivity index (χ2v) is 12.1. The summed E-state index contributed by atoms with van der Waals surface area (Å²) in [5, 5.41) is 9.91. The van der Waals surface area contributed by atoms with Crippen LogP contribution in [-0.2, 0) is 17.8 Å². The molecule has 10 heteroatoms. The van der Waals surface area contributed by atoms with Gasteiger partial charge in [-0.15, -0.1) is 11.3 Å². The summed E-state index contributed by atoms with van der Waals surface area (Å²) >= 11 is 1.53. The Labute approximate surface area is 246 Å². The normalized spacial score (nSPS) is 14.0. The molecule has 0 atom stereocenters. The minimum Gasteiger partial charge on any atom is -0.481 e. The van der Waals surface area contributed by atoms with Crippen LogP contribution in [0.15, 0.2) is 30.6 Å². The standard InChI is InChI=1S/C30H38FN5O3S.CH4/c1-5-10-35(17-19(2)3)18-26-29(22-6-7-23(31)20(4)13-22)34-28(40-26)14-25(37)24-15-33-27(16-32-24)36-11-8-21(9-12-36)30(38)39;/h6-7,13,15-16,19,21H,5,8-12,14,17-18H2,1-4H3,(H,38,39);1H4. The Hall–Kier alpha value is -3.24. The Morgan fingerprint density at radius 2 is 1.93 bits per heavy atom. The highest BCUT2D eigenvalue weighted by atomic mass is 32.1. The van der Waals surface area contributed by atoms with E-state index in [1.807, 2.05) is 11.0 Å². The number of ketones is 1. The van der Waals surface area contributed by atoms with E-state index in [1.54, 1.807) is 19.2 Å². The van der Waals surface area contributed by atoms with E-state index in [1.165, 1.54) is 23.6 Å². The number of Topliss-reactive ketones (excluding diaryl/α,β-unsaturated/α-hetero) is 1. The average molecular weight is 584 g/mol. The van der Waals surface area contributed by atoms with E-state index in [0.717, 1.165) is 42.2 Å². The molecular weight excluding hydrogens is 541 g/mol. The monoisotopic (exact) mass is 583 g/mol. The second-order valence-electron chi connectivity index (χ2n) is 10.9. The molecule has 0 aliphatic carbocycles. The van der Waals surface area contributed by atoms with Crippen LogP contribution >= 0.6 is 11.3 Å². The number of carboxylic acid groups (broad SMARTS) is 1. The lowest BCUT2D eigenvalue weighted by atomic mass is 9.97. The molecule has 3 aromatic rings. The van der Waals surface area contributed by atoms with Crippen LogP contribution < -0.4 is 4.90 Å². The molecule has 0 saturated carbocycles. The van der Waals surface area contributed by atoms with Gasteiger partial charge in [0.1, 0.15) is 22.3 Å². The number of carbonyl (C=O) groups is 2. The molecule has 3 heterocycles. The molecule has 1 aliphatic heterocycles. The zero-order valence-corrected chi connectivity index (χ0v) is 24.5. The summed E-state index contributed by atoms with van der Waals surface area (Å²) in [5.74, 6) is -0.340. The van der Waals surface area contributed by atoms with Crippen molar-refractivity contribution < 1.29 is 19.1 Å². The Kier molecular flexibility index (Phi) is 11.5. The van der Waals surface area contributed by atoms with Crippen molar-refractivity contribution in [2.75, 3.05) is 31.1 Å². The van der Waals surface area contributed by atoms with Crippen LogP contribution in [0.3, 0.4) is 0 Å². The molecule has 0 bridgehead atoms. The summed E-state index contributed by atoms with van der Waals surface area (Å²) < 4.78 is 14.0. The number of benzene rings is 1. The Bertz CT molecular complexity index is 1320. The lowest BCUT2D eigenvalue weighted by Crippen LogP contribution is -2.36. The molecule has 0 amide bonds. The quantitative estimate of drug-likeness (QED) is 0.249. The second kappa shape index (κ2) is 14.6. The summed E-state index contributed by atoms with van der Waals surface area (Å²) in [5.41, 5.74) is 2.48. The molecule has 1 aliphatic rings. The van der Waals surface area contributed by atoms with Crippen molar-refractivity contribution in [3.8, 4) is 11.3 Å². The molecule has 222 valence electrons. The van der Waals surface area contributed by atoms with E-state index in [9.17, 15) is 19.1 Å². The number of hydrogen-bond donors (Lipinski definition) is 1. The molecule has 4 rings (SSSR count). The predicted octanol–water partition coefficient (Wildman–Crippen LogP) is 6.28. The third-order valence-corrected chi connectivity index (χ3v) is 8.15. The third-order valence-electron chi connectivity index (χ3n) is 7.11. The molecular formula is C31H42FN5O3S. The Balaban J connectivity index is 0.00000462. The zero-order valence-electron chi connectivity index (χ0n) is 23.7. The molecule has 1 fully saturated rings. The maximum absolute atomic E-state index is 14.0. The van der Waals surface area contributed by atoms with Gasteiger partial charge in [0.15, 0.2) is 5.78 Å². The van der Waals surface area contributed by atoms with Gasteiger partial charge in [0.25, 0.3) is 0 Å². The van der Waals surface area contributed by atoms with Gasteiger partial charge in [-0.2, -0.15) is 0 Å². The molecule has 0 radical (unpaired) electrons. The van der Waals surface area contributed by atoms with E-state index in [2.05, 4.69) is 35.6 Å². The molecule has 41 heavy (non-hydrogen) atoms. The van der Waals surface area contributed by atoms with Gasteiger partial charge in [-0.1, -0.05) is 28.2 Å². The van der Waals surface area contributed by atoms with Crippen molar-refractivity contribution in [1.29, 1.82) is 0 Å². The first-order valence-electron chi connectivity index (χ1n) is 13.9. The number of piperidine rings is 1. The van der Waals surface area contributed by atoms with Crippen molar-refractivity contribution in [2.45, 2.75) is 67.3 Å². The molecule has 0 spiro atoms. The first kappa shape index (κ1) is 32.3. The number of hydrogen-bond acceptors (Lipinski definition) is 8. The van der Waals surface area contributed by atoms with Crippen molar-refractivity contribution >= 4 is 28.9 Å². The van der Waals surface area contributed by atoms with Crippen LogP contribution in [0.5, 0.6) is 0 Å².